The Bertz CT molecular complexity index is 1080. The zero-order valence-electron chi connectivity index (χ0n) is 24.6. The molecule has 1 aliphatic heterocycles. The fourth-order valence-corrected chi connectivity index (χ4v) is 4.91. The van der Waals surface area contributed by atoms with Gasteiger partial charge in [-0.15, -0.1) is 0 Å². The van der Waals surface area contributed by atoms with Gasteiger partial charge in [0.05, 0.1) is 5.57 Å². The largest absolute Gasteiger partial charge is 0.488 e. The molecule has 0 aliphatic carbocycles. The molecular formula is C32H47N3O5. The molecule has 1 aliphatic rings. The van der Waals surface area contributed by atoms with Gasteiger partial charge < -0.3 is 14.8 Å². The average Bonchev–Trinajstić information content (AvgIpc) is 2.95. The van der Waals surface area contributed by atoms with Crippen molar-refractivity contribution >= 4 is 22.6 Å². The monoisotopic (exact) mass is 553 g/mol. The zero-order chi connectivity index (χ0) is 28.7. The van der Waals surface area contributed by atoms with E-state index in [1.54, 1.807) is 0 Å². The summed E-state index contributed by atoms with van der Waals surface area (Å²) < 4.78 is 11.6. The minimum atomic E-state index is -0.350. The highest BCUT2D eigenvalue weighted by molar-refractivity contribution is 5.94. The summed E-state index contributed by atoms with van der Waals surface area (Å²) in [7, 11) is 0. The molecule has 1 heterocycles. The molecule has 0 bridgehead atoms. The molecular weight excluding hydrogens is 506 g/mol. The number of nitrogens with zero attached hydrogens (tertiary/aromatic N) is 1. The van der Waals surface area contributed by atoms with Crippen LogP contribution in [0.25, 0.3) is 10.8 Å². The fraction of sp³-hybridized carbons (Fsp3) is 0.562. The molecule has 1 saturated heterocycles. The maximum atomic E-state index is 13.2. The van der Waals surface area contributed by atoms with Gasteiger partial charge >= 0.3 is 0 Å². The Morgan fingerprint density at radius 1 is 1.05 bits per heavy atom. The number of amides is 2. The second-order valence-corrected chi connectivity index (χ2v) is 10.9. The predicted molar refractivity (Wildman–Crippen MR) is 159 cm³/mol. The van der Waals surface area contributed by atoms with Crippen molar-refractivity contribution in [1.82, 2.24) is 15.7 Å². The maximum absolute atomic E-state index is 13.2. The van der Waals surface area contributed by atoms with E-state index < -0.39 is 0 Å². The molecule has 1 unspecified atom stereocenters. The number of benzene rings is 2. The van der Waals surface area contributed by atoms with Gasteiger partial charge in [0.2, 0.25) is 11.8 Å². The number of hydrogen-bond donors (Lipinski definition) is 2. The minimum absolute atomic E-state index is 0.119. The van der Waals surface area contributed by atoms with Crippen molar-refractivity contribution in [2.45, 2.75) is 91.0 Å². The van der Waals surface area contributed by atoms with Crippen molar-refractivity contribution in [3.05, 3.63) is 54.1 Å². The number of carbonyl (C=O) groups excluding carboxylic acids is 2. The third-order valence-electron chi connectivity index (χ3n) is 7.10. The van der Waals surface area contributed by atoms with Crippen molar-refractivity contribution in [1.29, 1.82) is 0 Å². The molecule has 1 fully saturated rings. The lowest BCUT2D eigenvalue weighted by molar-refractivity contribution is -0.200. The second kappa shape index (κ2) is 17.0. The Morgan fingerprint density at radius 3 is 2.58 bits per heavy atom. The average molecular weight is 554 g/mol. The first-order valence-corrected chi connectivity index (χ1v) is 14.7. The standard InChI is InChI=1S/C32H47N3O5/c1-24(2)35(25(3)4)21-20-33-32(37)27(23-39-29-17-12-15-26-13-8-9-16-28(26)29)14-6-5-7-18-30(36)34-40-31-19-10-11-22-38-31/h8-9,12-17,24-25,31H,5-7,10-11,18-23H2,1-4H3,(H,33,37)(H,34,36). The van der Waals surface area contributed by atoms with Crippen LogP contribution in [0.3, 0.4) is 0 Å². The highest BCUT2D eigenvalue weighted by atomic mass is 16.8. The molecule has 3 rings (SSSR count). The predicted octanol–water partition coefficient (Wildman–Crippen LogP) is 5.51. The number of hydrogen-bond acceptors (Lipinski definition) is 6. The number of rotatable bonds is 16. The van der Waals surface area contributed by atoms with E-state index in [1.165, 1.54) is 0 Å². The summed E-state index contributed by atoms with van der Waals surface area (Å²) in [4.78, 5) is 33.0. The van der Waals surface area contributed by atoms with Crippen molar-refractivity contribution in [2.24, 2.45) is 0 Å². The Morgan fingerprint density at radius 2 is 1.82 bits per heavy atom. The number of ether oxygens (including phenoxy) is 2. The summed E-state index contributed by atoms with van der Waals surface area (Å²) >= 11 is 0. The summed E-state index contributed by atoms with van der Waals surface area (Å²) in [5.41, 5.74) is 3.10. The van der Waals surface area contributed by atoms with E-state index in [0.717, 1.165) is 48.8 Å². The Kier molecular flexibility index (Phi) is 13.4. The number of nitrogens with one attached hydrogen (secondary N) is 2. The van der Waals surface area contributed by atoms with Crippen LogP contribution < -0.4 is 15.5 Å². The van der Waals surface area contributed by atoms with Crippen LogP contribution in [-0.4, -0.2) is 61.4 Å². The molecule has 8 heteroatoms. The molecule has 2 aromatic rings. The maximum Gasteiger partial charge on any atom is 0.250 e. The van der Waals surface area contributed by atoms with Crippen molar-refractivity contribution in [2.75, 3.05) is 26.3 Å². The van der Waals surface area contributed by atoms with E-state index in [1.807, 2.05) is 48.5 Å². The lowest BCUT2D eigenvalue weighted by Crippen LogP contribution is -2.43. The van der Waals surface area contributed by atoms with Gasteiger partial charge in [-0.1, -0.05) is 42.5 Å². The van der Waals surface area contributed by atoms with E-state index in [4.69, 9.17) is 14.3 Å². The molecule has 0 aromatic heterocycles. The fourth-order valence-electron chi connectivity index (χ4n) is 4.91. The first kappa shape index (κ1) is 31.6. The van der Waals surface area contributed by atoms with Gasteiger partial charge in [-0.3, -0.25) is 14.5 Å². The first-order chi connectivity index (χ1) is 19.3. The molecule has 40 heavy (non-hydrogen) atoms. The third kappa shape index (κ3) is 10.6. The molecule has 0 spiro atoms. The van der Waals surface area contributed by atoms with E-state index in [9.17, 15) is 9.59 Å². The minimum Gasteiger partial charge on any atom is -0.488 e. The molecule has 2 aromatic carbocycles. The number of unbranched alkanes of at least 4 members (excludes halogenated alkanes) is 2. The molecule has 2 amide bonds. The van der Waals surface area contributed by atoms with E-state index >= 15 is 0 Å². The molecule has 0 saturated carbocycles. The SMILES string of the molecule is CC(C)N(CCNC(=O)C(=CCCCCC(=O)NOC1CCCCO1)COc1cccc2ccccc12)C(C)C. The smallest absolute Gasteiger partial charge is 0.250 e. The Hall–Kier alpha value is -2.94. The summed E-state index contributed by atoms with van der Waals surface area (Å²) in [6, 6.07) is 14.8. The van der Waals surface area contributed by atoms with Gasteiger partial charge in [-0.25, -0.2) is 10.3 Å². The molecule has 0 radical (unpaired) electrons. The van der Waals surface area contributed by atoms with Gasteiger partial charge in [0.1, 0.15) is 12.4 Å². The van der Waals surface area contributed by atoms with Crippen LogP contribution in [0.1, 0.15) is 72.6 Å². The van der Waals surface area contributed by atoms with Gasteiger partial charge in [0.15, 0.2) is 6.29 Å². The summed E-state index contributed by atoms with van der Waals surface area (Å²) in [6.07, 6.45) is 6.94. The summed E-state index contributed by atoms with van der Waals surface area (Å²) in [5, 5.41) is 5.19. The number of fused-ring (bicyclic) bond motifs is 1. The normalized spacial score (nSPS) is 16.1. The van der Waals surface area contributed by atoms with Crippen LogP contribution in [-0.2, 0) is 19.2 Å². The van der Waals surface area contributed by atoms with Crippen LogP contribution in [0.2, 0.25) is 0 Å². The molecule has 1 atom stereocenters. The van der Waals surface area contributed by atoms with E-state index in [2.05, 4.69) is 43.4 Å². The molecule has 2 N–H and O–H groups in total. The topological polar surface area (TPSA) is 89.1 Å². The third-order valence-corrected chi connectivity index (χ3v) is 7.10. The highest BCUT2D eigenvalue weighted by Crippen LogP contribution is 2.25. The van der Waals surface area contributed by atoms with Crippen LogP contribution in [0.5, 0.6) is 5.75 Å². The summed E-state index contributed by atoms with van der Waals surface area (Å²) in [5.74, 6) is 0.475. The highest BCUT2D eigenvalue weighted by Gasteiger charge is 2.17. The van der Waals surface area contributed by atoms with Crippen LogP contribution in [0.4, 0.5) is 0 Å². The van der Waals surface area contributed by atoms with E-state index in [0.29, 0.717) is 50.1 Å². The van der Waals surface area contributed by atoms with Gasteiger partial charge in [-0.05, 0) is 71.3 Å². The van der Waals surface area contributed by atoms with Crippen LogP contribution >= 0.6 is 0 Å². The number of hydroxylamine groups is 1. The van der Waals surface area contributed by atoms with Crippen LogP contribution in [0, 0.1) is 0 Å². The molecule has 220 valence electrons. The summed E-state index contributed by atoms with van der Waals surface area (Å²) in [6.45, 7) is 10.9. The quantitative estimate of drug-likeness (QED) is 0.162. The van der Waals surface area contributed by atoms with E-state index in [-0.39, 0.29) is 24.7 Å². The number of carbonyl (C=O) groups is 2. The van der Waals surface area contributed by atoms with Gasteiger partial charge in [0.25, 0.3) is 0 Å². The van der Waals surface area contributed by atoms with Crippen molar-refractivity contribution < 1.29 is 23.9 Å². The lowest BCUT2D eigenvalue weighted by atomic mass is 10.1. The van der Waals surface area contributed by atoms with Crippen molar-refractivity contribution in [3.63, 3.8) is 0 Å². The lowest BCUT2D eigenvalue weighted by Gasteiger charge is -2.30. The zero-order valence-corrected chi connectivity index (χ0v) is 24.6. The van der Waals surface area contributed by atoms with Gasteiger partial charge in [0, 0.05) is 50.0 Å². The Labute approximate surface area is 239 Å². The first-order valence-electron chi connectivity index (χ1n) is 14.7. The van der Waals surface area contributed by atoms with Crippen molar-refractivity contribution in [3.8, 4) is 5.75 Å². The van der Waals surface area contributed by atoms with Gasteiger partial charge in [-0.2, -0.15) is 0 Å². The van der Waals surface area contributed by atoms with Crippen LogP contribution in [0.15, 0.2) is 54.1 Å². The Balaban J connectivity index is 1.53. The number of allylic oxidation sites excluding steroid dienone is 1. The molecule has 8 nitrogen and oxygen atoms in total. The second-order valence-electron chi connectivity index (χ2n) is 10.9.